The highest BCUT2D eigenvalue weighted by molar-refractivity contribution is 7.90. The first-order valence-corrected chi connectivity index (χ1v) is 7.03. The first-order chi connectivity index (χ1) is 8.03. The Bertz CT molecular complexity index is 432. The Balaban J connectivity index is 2.75. The first kappa shape index (κ1) is 14.0. The normalized spacial score (nSPS) is 23.9. The van der Waals surface area contributed by atoms with Gasteiger partial charge in [-0.1, -0.05) is 12.3 Å². The molecule has 1 aliphatic carbocycles. The zero-order valence-electron chi connectivity index (χ0n) is 10.0. The Kier molecular flexibility index (Phi) is 4.97. The van der Waals surface area contributed by atoms with Gasteiger partial charge >= 0.3 is 5.97 Å². The number of rotatable bonds is 4. The van der Waals surface area contributed by atoms with Crippen molar-refractivity contribution in [2.45, 2.75) is 31.4 Å². The van der Waals surface area contributed by atoms with E-state index in [0.29, 0.717) is 12.8 Å². The number of hydrogen-bond donors (Lipinski definition) is 1. The highest BCUT2D eigenvalue weighted by atomic mass is 32.2. The molecule has 1 rings (SSSR count). The van der Waals surface area contributed by atoms with Crippen LogP contribution >= 0.6 is 0 Å². The summed E-state index contributed by atoms with van der Waals surface area (Å²) in [5.41, 5.74) is 0. The van der Waals surface area contributed by atoms with E-state index in [9.17, 15) is 13.2 Å². The van der Waals surface area contributed by atoms with E-state index < -0.39 is 27.2 Å². The number of carbonyl (C=O) groups excluding carboxylic acids is 1. The van der Waals surface area contributed by atoms with Gasteiger partial charge in [-0.15, -0.1) is 5.92 Å². The van der Waals surface area contributed by atoms with Crippen LogP contribution in [0.5, 0.6) is 0 Å². The molecule has 0 aromatic carbocycles. The van der Waals surface area contributed by atoms with Crippen LogP contribution in [-0.2, 0) is 19.6 Å². The average molecular weight is 259 g/mol. The maximum Gasteiger partial charge on any atom is 0.310 e. The van der Waals surface area contributed by atoms with Crippen molar-refractivity contribution >= 4 is 16.0 Å². The molecular formula is C11H17NO4S. The molecule has 1 saturated carbocycles. The third-order valence-corrected chi connectivity index (χ3v) is 4.80. The second kappa shape index (κ2) is 6.03. The Morgan fingerprint density at radius 3 is 2.76 bits per heavy atom. The van der Waals surface area contributed by atoms with Crippen LogP contribution in [0, 0.1) is 17.8 Å². The van der Waals surface area contributed by atoms with Crippen LogP contribution in [0.25, 0.3) is 0 Å². The van der Waals surface area contributed by atoms with Gasteiger partial charge in [-0.2, -0.15) is 0 Å². The highest BCUT2D eigenvalue weighted by Crippen LogP contribution is 2.31. The molecule has 1 fully saturated rings. The summed E-state index contributed by atoms with van der Waals surface area (Å²) in [7, 11) is -2.21. The maximum atomic E-state index is 12.0. The molecule has 5 nitrogen and oxygen atoms in total. The van der Waals surface area contributed by atoms with Gasteiger partial charge in [0.05, 0.1) is 24.8 Å². The fourth-order valence-corrected chi connectivity index (χ4v) is 3.69. The molecule has 0 spiro atoms. The Labute approximate surface area is 102 Å². The van der Waals surface area contributed by atoms with Crippen LogP contribution in [0.3, 0.4) is 0 Å². The van der Waals surface area contributed by atoms with Crippen molar-refractivity contribution in [2.24, 2.45) is 5.92 Å². The average Bonchev–Trinajstić information content (AvgIpc) is 2.78. The van der Waals surface area contributed by atoms with Crippen LogP contribution in [0.2, 0.25) is 0 Å². The molecule has 1 N–H and O–H groups in total. The van der Waals surface area contributed by atoms with Gasteiger partial charge in [-0.3, -0.25) is 4.79 Å². The van der Waals surface area contributed by atoms with Crippen LogP contribution < -0.4 is 4.72 Å². The molecular weight excluding hydrogens is 242 g/mol. The van der Waals surface area contributed by atoms with Crippen LogP contribution in [0.1, 0.15) is 26.2 Å². The number of ether oxygens (including phenoxy) is 1. The van der Waals surface area contributed by atoms with Crippen LogP contribution in [0.4, 0.5) is 0 Å². The fourth-order valence-electron chi connectivity index (χ4n) is 2.05. The van der Waals surface area contributed by atoms with Crippen molar-refractivity contribution in [3.63, 3.8) is 0 Å². The Hall–Kier alpha value is -1.06. The predicted molar refractivity (Wildman–Crippen MR) is 63.5 cm³/mol. The molecule has 2 atom stereocenters. The van der Waals surface area contributed by atoms with Gasteiger partial charge in [-0.25, -0.2) is 13.1 Å². The van der Waals surface area contributed by atoms with Crippen molar-refractivity contribution in [2.75, 3.05) is 13.7 Å². The second-order valence-corrected chi connectivity index (χ2v) is 5.88. The Morgan fingerprint density at radius 2 is 2.18 bits per heavy atom. The van der Waals surface area contributed by atoms with Gasteiger partial charge in [0.1, 0.15) is 0 Å². The van der Waals surface area contributed by atoms with Gasteiger partial charge in [0.2, 0.25) is 10.0 Å². The number of carbonyl (C=O) groups is 1. The molecule has 2 unspecified atom stereocenters. The van der Waals surface area contributed by atoms with Gasteiger partial charge < -0.3 is 4.74 Å². The quantitative estimate of drug-likeness (QED) is 0.581. The standard InChI is InChI=1S/C11H17NO4S/c1-3-4-8-12-17(14,15)10-7-5-6-9(10)11(13)16-2/h9-10,12H,5-8H2,1-2H3. The summed E-state index contributed by atoms with van der Waals surface area (Å²) in [5, 5.41) is -0.686. The zero-order valence-corrected chi connectivity index (χ0v) is 10.8. The van der Waals surface area contributed by atoms with E-state index in [2.05, 4.69) is 21.3 Å². The lowest BCUT2D eigenvalue weighted by Crippen LogP contribution is -2.39. The first-order valence-electron chi connectivity index (χ1n) is 5.49. The predicted octanol–water partition coefficient (Wildman–Crippen LogP) is 0.271. The van der Waals surface area contributed by atoms with Gasteiger partial charge in [0.15, 0.2) is 0 Å². The lowest BCUT2D eigenvalue weighted by Gasteiger charge is -2.17. The summed E-state index contributed by atoms with van der Waals surface area (Å²) in [5.74, 6) is 4.24. The van der Waals surface area contributed by atoms with Crippen molar-refractivity contribution in [1.29, 1.82) is 0 Å². The summed E-state index contributed by atoms with van der Waals surface area (Å²) >= 11 is 0. The molecule has 0 radical (unpaired) electrons. The second-order valence-electron chi connectivity index (χ2n) is 3.89. The summed E-state index contributed by atoms with van der Waals surface area (Å²) in [6.07, 6.45) is 1.79. The van der Waals surface area contributed by atoms with E-state index in [1.54, 1.807) is 6.92 Å². The number of nitrogens with one attached hydrogen (secondary N) is 1. The zero-order chi connectivity index (χ0) is 12.9. The summed E-state index contributed by atoms with van der Waals surface area (Å²) in [6.45, 7) is 1.73. The third kappa shape index (κ3) is 3.45. The largest absolute Gasteiger partial charge is 0.469 e. The van der Waals surface area contributed by atoms with Crippen LogP contribution in [-0.4, -0.2) is 33.3 Å². The molecule has 0 amide bonds. The minimum absolute atomic E-state index is 0.0865. The number of esters is 1. The minimum atomic E-state index is -3.49. The van der Waals surface area contributed by atoms with E-state index in [0.717, 1.165) is 6.42 Å². The monoisotopic (exact) mass is 259 g/mol. The highest BCUT2D eigenvalue weighted by Gasteiger charge is 2.41. The molecule has 1 aliphatic rings. The summed E-state index contributed by atoms with van der Waals surface area (Å²) < 4.78 is 30.9. The van der Waals surface area contributed by atoms with Crippen molar-refractivity contribution < 1.29 is 17.9 Å². The SMILES string of the molecule is CC#CCNS(=O)(=O)C1CCCC1C(=O)OC. The number of methoxy groups -OCH3 is 1. The van der Waals surface area contributed by atoms with Crippen molar-refractivity contribution in [3.8, 4) is 11.8 Å². The topological polar surface area (TPSA) is 72.5 Å². The summed E-state index contributed by atoms with van der Waals surface area (Å²) in [6, 6.07) is 0. The molecule has 0 aromatic heterocycles. The van der Waals surface area contributed by atoms with E-state index in [1.165, 1.54) is 7.11 Å². The van der Waals surface area contributed by atoms with E-state index >= 15 is 0 Å². The molecule has 17 heavy (non-hydrogen) atoms. The molecule has 0 aromatic rings. The Morgan fingerprint density at radius 1 is 1.47 bits per heavy atom. The molecule has 6 heteroatoms. The lowest BCUT2D eigenvalue weighted by atomic mass is 10.1. The van der Waals surface area contributed by atoms with Crippen molar-refractivity contribution in [3.05, 3.63) is 0 Å². The lowest BCUT2D eigenvalue weighted by molar-refractivity contribution is -0.145. The smallest absolute Gasteiger partial charge is 0.310 e. The van der Waals surface area contributed by atoms with Gasteiger partial charge in [0, 0.05) is 0 Å². The minimum Gasteiger partial charge on any atom is -0.469 e. The van der Waals surface area contributed by atoms with E-state index in [1.807, 2.05) is 0 Å². The molecule has 0 saturated heterocycles. The van der Waals surface area contributed by atoms with Gasteiger partial charge in [0.25, 0.3) is 0 Å². The number of hydrogen-bond acceptors (Lipinski definition) is 4. The van der Waals surface area contributed by atoms with Gasteiger partial charge in [-0.05, 0) is 19.8 Å². The van der Waals surface area contributed by atoms with E-state index in [4.69, 9.17) is 0 Å². The van der Waals surface area contributed by atoms with E-state index in [-0.39, 0.29) is 6.54 Å². The fraction of sp³-hybridized carbons (Fsp3) is 0.727. The van der Waals surface area contributed by atoms with Crippen LogP contribution in [0.15, 0.2) is 0 Å². The summed E-state index contributed by atoms with van der Waals surface area (Å²) in [4.78, 5) is 11.5. The van der Waals surface area contributed by atoms with Crippen molar-refractivity contribution in [1.82, 2.24) is 4.72 Å². The maximum absolute atomic E-state index is 12.0. The molecule has 0 heterocycles. The molecule has 0 bridgehead atoms. The molecule has 0 aliphatic heterocycles. The molecule has 96 valence electrons. The third-order valence-electron chi connectivity index (χ3n) is 2.89. The number of sulfonamides is 1.